The molecule has 1 aliphatic rings. The number of piperidine rings is 1. The van der Waals surface area contributed by atoms with Gasteiger partial charge in [-0.15, -0.1) is 0 Å². The van der Waals surface area contributed by atoms with Crippen LogP contribution in [0.4, 0.5) is 0 Å². The van der Waals surface area contributed by atoms with Gasteiger partial charge in [-0.1, -0.05) is 43.6 Å². The second kappa shape index (κ2) is 10.1. The van der Waals surface area contributed by atoms with Gasteiger partial charge in [-0.2, -0.15) is 0 Å². The molecule has 0 aromatic heterocycles. The van der Waals surface area contributed by atoms with E-state index in [0.717, 1.165) is 0 Å². The molecule has 3 rings (SSSR count). The summed E-state index contributed by atoms with van der Waals surface area (Å²) >= 11 is 5.98. The summed E-state index contributed by atoms with van der Waals surface area (Å²) in [5.41, 5.74) is -0.827. The van der Waals surface area contributed by atoms with E-state index in [0.29, 0.717) is 10.6 Å². The molecule has 2 amide bonds. The summed E-state index contributed by atoms with van der Waals surface area (Å²) in [4.78, 5) is 39.2. The second-order valence-electron chi connectivity index (χ2n) is 9.04. The lowest BCUT2D eigenvalue weighted by atomic mass is 9.66. The second-order valence-corrected chi connectivity index (χ2v) is 9.48. The Morgan fingerprint density at radius 1 is 1.15 bits per heavy atom. The van der Waals surface area contributed by atoms with Crippen LogP contribution in [0.5, 0.6) is 0 Å². The molecule has 0 bridgehead atoms. The number of halogens is 1. The smallest absolute Gasteiger partial charge is 0.337 e. The lowest BCUT2D eigenvalue weighted by Crippen LogP contribution is -2.60. The first kappa shape index (κ1) is 25.7. The summed E-state index contributed by atoms with van der Waals surface area (Å²) in [7, 11) is 1.24. The maximum atomic E-state index is 13.2. The molecule has 9 heteroatoms. The number of methoxy groups -OCH3 is 1. The van der Waals surface area contributed by atoms with Crippen LogP contribution in [0.1, 0.15) is 46.5 Å². The minimum atomic E-state index is -1.18. The molecule has 1 heterocycles. The Morgan fingerprint density at radius 3 is 2.38 bits per heavy atom. The van der Waals surface area contributed by atoms with Crippen LogP contribution in [0.2, 0.25) is 5.02 Å². The third-order valence-corrected chi connectivity index (χ3v) is 6.67. The van der Waals surface area contributed by atoms with Gasteiger partial charge in [0.25, 0.3) is 5.91 Å². The third-order valence-electron chi connectivity index (χ3n) is 6.41. The maximum absolute atomic E-state index is 13.2. The molecular weight excluding hydrogens is 460 g/mol. The van der Waals surface area contributed by atoms with E-state index in [4.69, 9.17) is 11.6 Å². The third kappa shape index (κ3) is 5.09. The summed E-state index contributed by atoms with van der Waals surface area (Å²) in [6.07, 6.45) is 0.278. The number of aliphatic hydroxyl groups is 2. The molecule has 1 aliphatic heterocycles. The van der Waals surface area contributed by atoms with Crippen molar-refractivity contribution in [1.29, 1.82) is 0 Å². The summed E-state index contributed by atoms with van der Waals surface area (Å²) in [5, 5.41) is 24.5. The van der Waals surface area contributed by atoms with Crippen LogP contribution in [0.15, 0.2) is 48.5 Å². The van der Waals surface area contributed by atoms with E-state index in [9.17, 15) is 24.6 Å². The number of carbonyl (C=O) groups is 3. The molecule has 0 saturated carbocycles. The number of nitrogens with one attached hydrogen (secondary N) is 1. The Bertz CT molecular complexity index is 1070. The number of carbonyl (C=O) groups excluding carboxylic acids is 3. The molecule has 34 heavy (non-hydrogen) atoms. The largest absolute Gasteiger partial charge is 0.465 e. The lowest BCUT2D eigenvalue weighted by molar-refractivity contribution is -0.155. The SMILES string of the molecule is COC(=O)c1cccc(C(=O)N[C@H](CO)C(=O)N2CC[C@](O)(c3ccc(Cl)cc3)C(C)(C)C2)c1. The van der Waals surface area contributed by atoms with Crippen molar-refractivity contribution < 1.29 is 29.3 Å². The molecule has 182 valence electrons. The summed E-state index contributed by atoms with van der Waals surface area (Å²) in [6, 6.07) is 11.7. The highest BCUT2D eigenvalue weighted by Gasteiger charge is 2.50. The zero-order chi connectivity index (χ0) is 25.1. The summed E-state index contributed by atoms with van der Waals surface area (Å²) in [6.45, 7) is 3.60. The number of amides is 2. The molecule has 2 aromatic rings. The highest BCUT2D eigenvalue weighted by molar-refractivity contribution is 6.30. The van der Waals surface area contributed by atoms with Gasteiger partial charge < -0.3 is 25.2 Å². The first-order valence-corrected chi connectivity index (χ1v) is 11.3. The number of rotatable bonds is 6. The predicted octanol–water partition coefficient (Wildman–Crippen LogP) is 2.36. The van der Waals surface area contributed by atoms with Crippen molar-refractivity contribution >= 4 is 29.4 Å². The minimum Gasteiger partial charge on any atom is -0.465 e. The van der Waals surface area contributed by atoms with Crippen molar-refractivity contribution in [2.45, 2.75) is 31.9 Å². The number of benzene rings is 2. The van der Waals surface area contributed by atoms with E-state index in [1.165, 1.54) is 36.3 Å². The standard InChI is InChI=1S/C25H29ClN2O6/c1-24(2)15-28(12-11-25(24,33)18-7-9-19(26)10-8-18)22(31)20(14-29)27-21(30)16-5-4-6-17(13-16)23(32)34-3/h4-10,13,20,29,33H,11-12,14-15H2,1-3H3,(H,27,30)/t20-,25+/m1/s1. The number of hydrogen-bond acceptors (Lipinski definition) is 6. The first-order valence-electron chi connectivity index (χ1n) is 10.9. The van der Waals surface area contributed by atoms with Crippen molar-refractivity contribution in [3.05, 3.63) is 70.2 Å². The Balaban J connectivity index is 1.73. The van der Waals surface area contributed by atoms with Gasteiger partial charge >= 0.3 is 5.97 Å². The predicted molar refractivity (Wildman–Crippen MR) is 126 cm³/mol. The Kier molecular flexibility index (Phi) is 7.65. The molecular formula is C25H29ClN2O6. The van der Waals surface area contributed by atoms with Crippen molar-refractivity contribution in [2.24, 2.45) is 5.41 Å². The van der Waals surface area contributed by atoms with Gasteiger partial charge in [-0.25, -0.2) is 4.79 Å². The van der Waals surface area contributed by atoms with Crippen LogP contribution in [0, 0.1) is 5.41 Å². The highest BCUT2D eigenvalue weighted by atomic mass is 35.5. The fraction of sp³-hybridized carbons (Fsp3) is 0.400. The quantitative estimate of drug-likeness (QED) is 0.537. The van der Waals surface area contributed by atoms with Gasteiger partial charge in [0.05, 0.1) is 24.9 Å². The molecule has 1 fully saturated rings. The minimum absolute atomic E-state index is 0.158. The Labute approximate surface area is 203 Å². The van der Waals surface area contributed by atoms with Gasteiger partial charge in [0, 0.05) is 29.1 Å². The molecule has 8 nitrogen and oxygen atoms in total. The Morgan fingerprint density at radius 2 is 1.79 bits per heavy atom. The zero-order valence-corrected chi connectivity index (χ0v) is 20.1. The Hall–Kier alpha value is -2.94. The van der Waals surface area contributed by atoms with Crippen LogP contribution < -0.4 is 5.32 Å². The highest BCUT2D eigenvalue weighted by Crippen LogP contribution is 2.46. The van der Waals surface area contributed by atoms with Crippen molar-refractivity contribution in [3.63, 3.8) is 0 Å². The molecule has 0 aliphatic carbocycles. The monoisotopic (exact) mass is 488 g/mol. The van der Waals surface area contributed by atoms with Gasteiger partial charge in [0.1, 0.15) is 6.04 Å². The fourth-order valence-electron chi connectivity index (χ4n) is 4.32. The molecule has 3 N–H and O–H groups in total. The lowest BCUT2D eigenvalue weighted by Gasteiger charge is -2.51. The number of esters is 1. The van der Waals surface area contributed by atoms with Gasteiger partial charge in [0.2, 0.25) is 5.91 Å². The number of nitrogens with zero attached hydrogens (tertiary/aromatic N) is 1. The average molecular weight is 489 g/mol. The molecule has 1 saturated heterocycles. The van der Waals surface area contributed by atoms with Crippen LogP contribution in [-0.4, -0.2) is 65.7 Å². The maximum Gasteiger partial charge on any atom is 0.337 e. The molecule has 0 unspecified atom stereocenters. The average Bonchev–Trinajstić information content (AvgIpc) is 2.83. The van der Waals surface area contributed by atoms with Crippen LogP contribution >= 0.6 is 11.6 Å². The van der Waals surface area contributed by atoms with Crippen LogP contribution in [0.3, 0.4) is 0 Å². The van der Waals surface area contributed by atoms with E-state index in [1.54, 1.807) is 24.3 Å². The van der Waals surface area contributed by atoms with E-state index >= 15 is 0 Å². The van der Waals surface area contributed by atoms with Crippen LogP contribution in [0.25, 0.3) is 0 Å². The number of likely N-dealkylation sites (tertiary alicyclic amines) is 1. The molecule has 0 spiro atoms. The first-order chi connectivity index (χ1) is 16.0. The summed E-state index contributed by atoms with van der Waals surface area (Å²) in [5.74, 6) is -1.65. The molecule has 2 atom stereocenters. The molecule has 2 aromatic carbocycles. The number of hydrogen-bond donors (Lipinski definition) is 3. The topological polar surface area (TPSA) is 116 Å². The summed E-state index contributed by atoms with van der Waals surface area (Å²) < 4.78 is 4.67. The number of aliphatic hydroxyl groups excluding tert-OH is 1. The van der Waals surface area contributed by atoms with E-state index in [1.807, 2.05) is 13.8 Å². The van der Waals surface area contributed by atoms with Crippen molar-refractivity contribution in [2.75, 3.05) is 26.8 Å². The van der Waals surface area contributed by atoms with E-state index < -0.39 is 41.4 Å². The van der Waals surface area contributed by atoms with Crippen LogP contribution in [-0.2, 0) is 15.1 Å². The van der Waals surface area contributed by atoms with Crippen molar-refractivity contribution in [1.82, 2.24) is 10.2 Å². The van der Waals surface area contributed by atoms with Gasteiger partial charge in [0.15, 0.2) is 0 Å². The van der Waals surface area contributed by atoms with Gasteiger partial charge in [-0.3, -0.25) is 9.59 Å². The zero-order valence-electron chi connectivity index (χ0n) is 19.4. The fourth-order valence-corrected chi connectivity index (χ4v) is 4.45. The van der Waals surface area contributed by atoms with E-state index in [2.05, 4.69) is 10.1 Å². The molecule has 0 radical (unpaired) electrons. The van der Waals surface area contributed by atoms with E-state index in [-0.39, 0.29) is 30.6 Å². The van der Waals surface area contributed by atoms with Crippen molar-refractivity contribution in [3.8, 4) is 0 Å². The number of ether oxygens (including phenoxy) is 1. The van der Waals surface area contributed by atoms with Gasteiger partial charge in [-0.05, 0) is 42.3 Å². The normalized spacial score (nSPS) is 20.4.